The summed E-state index contributed by atoms with van der Waals surface area (Å²) in [6, 6.07) is 9.74. The standard InChI is InChI=1S/C22H30N4O3/c1-14(2)12-24-22(27)29-13-16-6-4-5-15-11-17(7-8-18(15)16)25-21-19(23)9-10-20(26-21)28-3/h7-11,14,16H,4-6,12-13,23H2,1-3H3,(H,24,27)(H,25,26). The molecule has 1 amide bonds. The number of benzene rings is 1. The van der Waals surface area contributed by atoms with Gasteiger partial charge in [0.2, 0.25) is 5.88 Å². The van der Waals surface area contributed by atoms with Gasteiger partial charge >= 0.3 is 6.09 Å². The molecule has 0 spiro atoms. The zero-order valence-electron chi connectivity index (χ0n) is 17.3. The van der Waals surface area contributed by atoms with Crippen LogP contribution in [0.5, 0.6) is 5.88 Å². The zero-order chi connectivity index (χ0) is 20.8. The van der Waals surface area contributed by atoms with Gasteiger partial charge in [0, 0.05) is 24.2 Å². The Kier molecular flexibility index (Phi) is 6.80. The van der Waals surface area contributed by atoms with Crippen molar-refractivity contribution in [3.63, 3.8) is 0 Å². The quantitative estimate of drug-likeness (QED) is 0.646. The topological polar surface area (TPSA) is 98.5 Å². The predicted octanol–water partition coefficient (Wildman–Crippen LogP) is 4.22. The van der Waals surface area contributed by atoms with Crippen LogP contribution in [0.4, 0.5) is 22.0 Å². The van der Waals surface area contributed by atoms with Gasteiger partial charge < -0.3 is 25.8 Å². The van der Waals surface area contributed by atoms with Crippen molar-refractivity contribution in [1.82, 2.24) is 10.3 Å². The number of nitrogens with zero attached hydrogens (tertiary/aromatic N) is 1. The molecule has 0 saturated carbocycles. The van der Waals surface area contributed by atoms with Crippen LogP contribution in [-0.4, -0.2) is 31.3 Å². The minimum atomic E-state index is -0.344. The van der Waals surface area contributed by atoms with Gasteiger partial charge in [0.1, 0.15) is 6.61 Å². The smallest absolute Gasteiger partial charge is 0.407 e. The third-order valence-electron chi connectivity index (χ3n) is 5.02. The van der Waals surface area contributed by atoms with Crippen LogP contribution in [0.15, 0.2) is 30.3 Å². The Morgan fingerprint density at radius 2 is 2.14 bits per heavy atom. The molecule has 1 unspecified atom stereocenters. The largest absolute Gasteiger partial charge is 0.481 e. The number of nitrogens with two attached hydrogens (primary N) is 1. The molecular weight excluding hydrogens is 368 g/mol. The summed E-state index contributed by atoms with van der Waals surface area (Å²) in [6.45, 7) is 5.13. The summed E-state index contributed by atoms with van der Waals surface area (Å²) < 4.78 is 10.6. The van der Waals surface area contributed by atoms with Crippen LogP contribution < -0.4 is 21.1 Å². The molecule has 2 aromatic rings. The van der Waals surface area contributed by atoms with Crippen LogP contribution >= 0.6 is 0 Å². The van der Waals surface area contributed by atoms with E-state index in [0.717, 1.165) is 24.9 Å². The summed E-state index contributed by atoms with van der Waals surface area (Å²) in [5.41, 5.74) is 10.0. The van der Waals surface area contributed by atoms with Crippen LogP contribution in [0.3, 0.4) is 0 Å². The molecule has 4 N–H and O–H groups in total. The predicted molar refractivity (Wildman–Crippen MR) is 115 cm³/mol. The lowest BCUT2D eigenvalue weighted by molar-refractivity contribution is 0.135. The summed E-state index contributed by atoms with van der Waals surface area (Å²) >= 11 is 0. The Labute approximate surface area is 172 Å². The number of amides is 1. The van der Waals surface area contributed by atoms with Crippen LogP contribution in [0.2, 0.25) is 0 Å². The van der Waals surface area contributed by atoms with Crippen molar-refractivity contribution < 1.29 is 14.3 Å². The van der Waals surface area contributed by atoms with E-state index < -0.39 is 0 Å². The second-order valence-corrected chi connectivity index (χ2v) is 7.79. The lowest BCUT2D eigenvalue weighted by Gasteiger charge is -2.26. The number of fused-ring (bicyclic) bond motifs is 1. The van der Waals surface area contributed by atoms with E-state index in [1.807, 2.05) is 6.07 Å². The van der Waals surface area contributed by atoms with Gasteiger partial charge in [-0.05, 0) is 54.5 Å². The number of rotatable bonds is 7. The van der Waals surface area contributed by atoms with Crippen molar-refractivity contribution in [2.24, 2.45) is 5.92 Å². The molecule has 0 saturated heterocycles. The fourth-order valence-electron chi connectivity index (χ4n) is 3.48. The maximum absolute atomic E-state index is 11.9. The van der Waals surface area contributed by atoms with E-state index in [1.165, 1.54) is 11.1 Å². The Balaban J connectivity index is 1.67. The van der Waals surface area contributed by atoms with Crippen LogP contribution in [0.1, 0.15) is 43.7 Å². The van der Waals surface area contributed by atoms with E-state index in [-0.39, 0.29) is 12.0 Å². The molecule has 29 heavy (non-hydrogen) atoms. The number of carbonyl (C=O) groups excluding carboxylic acids is 1. The Bertz CT molecular complexity index is 854. The fourth-order valence-corrected chi connectivity index (χ4v) is 3.48. The molecule has 156 valence electrons. The van der Waals surface area contributed by atoms with Gasteiger partial charge in [0.25, 0.3) is 0 Å². The van der Waals surface area contributed by atoms with Gasteiger partial charge in [-0.2, -0.15) is 4.98 Å². The van der Waals surface area contributed by atoms with E-state index in [4.69, 9.17) is 15.2 Å². The van der Waals surface area contributed by atoms with Gasteiger partial charge in [-0.25, -0.2) is 4.79 Å². The molecule has 7 heteroatoms. The summed E-state index contributed by atoms with van der Waals surface area (Å²) in [4.78, 5) is 16.2. The number of hydrogen-bond acceptors (Lipinski definition) is 6. The van der Waals surface area contributed by atoms with Crippen molar-refractivity contribution in [2.75, 3.05) is 31.3 Å². The molecule has 7 nitrogen and oxygen atoms in total. The Morgan fingerprint density at radius 3 is 2.90 bits per heavy atom. The average molecular weight is 399 g/mol. The van der Waals surface area contributed by atoms with E-state index >= 15 is 0 Å². The summed E-state index contributed by atoms with van der Waals surface area (Å²) in [6.07, 6.45) is 2.74. The van der Waals surface area contributed by atoms with Crippen molar-refractivity contribution in [1.29, 1.82) is 0 Å². The average Bonchev–Trinajstić information content (AvgIpc) is 2.72. The first-order chi connectivity index (χ1) is 14.0. The van der Waals surface area contributed by atoms with E-state index in [2.05, 4.69) is 41.6 Å². The second kappa shape index (κ2) is 9.49. The first kappa shape index (κ1) is 20.8. The molecule has 0 aliphatic heterocycles. The van der Waals surface area contributed by atoms with E-state index in [1.54, 1.807) is 19.2 Å². The fraction of sp³-hybridized carbons (Fsp3) is 0.455. The molecule has 1 aliphatic carbocycles. The minimum Gasteiger partial charge on any atom is -0.481 e. The normalized spacial score (nSPS) is 15.5. The number of pyridine rings is 1. The third kappa shape index (κ3) is 5.53. The number of ether oxygens (including phenoxy) is 2. The highest BCUT2D eigenvalue weighted by molar-refractivity contribution is 5.70. The van der Waals surface area contributed by atoms with Crippen molar-refractivity contribution in [2.45, 2.75) is 39.0 Å². The molecule has 1 atom stereocenters. The van der Waals surface area contributed by atoms with Gasteiger partial charge in [0.15, 0.2) is 5.82 Å². The summed E-state index contributed by atoms with van der Waals surface area (Å²) in [5, 5.41) is 6.07. The summed E-state index contributed by atoms with van der Waals surface area (Å²) in [5.74, 6) is 1.70. The number of nitrogens with one attached hydrogen (secondary N) is 2. The number of carbonyl (C=O) groups is 1. The van der Waals surface area contributed by atoms with Crippen LogP contribution in [-0.2, 0) is 11.2 Å². The first-order valence-corrected chi connectivity index (χ1v) is 10.1. The molecule has 0 radical (unpaired) electrons. The number of aryl methyl sites for hydroxylation is 1. The zero-order valence-corrected chi connectivity index (χ0v) is 17.3. The van der Waals surface area contributed by atoms with Gasteiger partial charge in [-0.15, -0.1) is 0 Å². The van der Waals surface area contributed by atoms with Gasteiger partial charge in [-0.3, -0.25) is 0 Å². The maximum atomic E-state index is 11.9. The molecule has 0 bridgehead atoms. The monoisotopic (exact) mass is 398 g/mol. The molecule has 0 fully saturated rings. The number of methoxy groups -OCH3 is 1. The molecular formula is C22H30N4O3. The number of anilines is 3. The van der Waals surface area contributed by atoms with Crippen molar-refractivity contribution in [3.8, 4) is 5.88 Å². The van der Waals surface area contributed by atoms with Gasteiger partial charge in [0.05, 0.1) is 12.8 Å². The highest BCUT2D eigenvalue weighted by Gasteiger charge is 2.22. The molecule has 1 heterocycles. The Morgan fingerprint density at radius 1 is 1.31 bits per heavy atom. The maximum Gasteiger partial charge on any atom is 0.407 e. The SMILES string of the molecule is COc1ccc(N)c(Nc2ccc3c(c2)CCCC3COC(=O)NCC(C)C)n1. The van der Waals surface area contributed by atoms with Gasteiger partial charge in [-0.1, -0.05) is 19.9 Å². The number of hydrogen-bond donors (Lipinski definition) is 3. The highest BCUT2D eigenvalue weighted by atomic mass is 16.5. The summed E-state index contributed by atoms with van der Waals surface area (Å²) in [7, 11) is 1.58. The lowest BCUT2D eigenvalue weighted by atomic mass is 9.83. The van der Waals surface area contributed by atoms with Crippen molar-refractivity contribution in [3.05, 3.63) is 41.5 Å². The van der Waals surface area contributed by atoms with Crippen molar-refractivity contribution >= 4 is 23.3 Å². The van der Waals surface area contributed by atoms with E-state index in [9.17, 15) is 4.79 Å². The highest BCUT2D eigenvalue weighted by Crippen LogP contribution is 2.34. The number of nitrogen functional groups attached to an aromatic ring is 1. The van der Waals surface area contributed by atoms with Crippen LogP contribution in [0, 0.1) is 5.92 Å². The number of alkyl carbamates (subject to hydrolysis) is 1. The minimum absolute atomic E-state index is 0.220. The molecule has 1 aliphatic rings. The Hall–Kier alpha value is -2.96. The molecule has 1 aromatic heterocycles. The first-order valence-electron chi connectivity index (χ1n) is 10.1. The third-order valence-corrected chi connectivity index (χ3v) is 5.02. The number of aromatic nitrogens is 1. The second-order valence-electron chi connectivity index (χ2n) is 7.79. The van der Waals surface area contributed by atoms with Crippen LogP contribution in [0.25, 0.3) is 0 Å². The molecule has 3 rings (SSSR count). The molecule has 1 aromatic carbocycles. The lowest BCUT2D eigenvalue weighted by Crippen LogP contribution is -2.29. The van der Waals surface area contributed by atoms with E-state index in [0.29, 0.717) is 36.5 Å².